The summed E-state index contributed by atoms with van der Waals surface area (Å²) in [4.78, 5) is 23.8. The number of ether oxygens (including phenoxy) is 2. The number of rotatable bonds is 3. The van der Waals surface area contributed by atoms with Gasteiger partial charge < -0.3 is 9.47 Å². The predicted molar refractivity (Wildman–Crippen MR) is 74.7 cm³/mol. The Bertz CT molecular complexity index is 478. The van der Waals surface area contributed by atoms with Crippen molar-refractivity contribution in [2.24, 2.45) is 5.92 Å². The summed E-state index contributed by atoms with van der Waals surface area (Å²) in [6.45, 7) is 0. The Morgan fingerprint density at radius 3 is 2.50 bits per heavy atom. The molecule has 1 aromatic rings. The van der Waals surface area contributed by atoms with Gasteiger partial charge in [0.25, 0.3) is 0 Å². The summed E-state index contributed by atoms with van der Waals surface area (Å²) in [5.41, 5.74) is 0.997. The maximum absolute atomic E-state index is 12.0. The molecule has 108 valence electrons. The average molecular weight is 276 g/mol. The van der Waals surface area contributed by atoms with Crippen LogP contribution in [0.25, 0.3) is 0 Å². The first-order chi connectivity index (χ1) is 9.65. The van der Waals surface area contributed by atoms with Crippen LogP contribution in [0.4, 0.5) is 0 Å². The number of hydrogen-bond acceptors (Lipinski definition) is 4. The molecule has 0 aliphatic heterocycles. The molecule has 4 nitrogen and oxygen atoms in total. The Balaban J connectivity index is 2.29. The van der Waals surface area contributed by atoms with E-state index >= 15 is 0 Å². The first-order valence-corrected chi connectivity index (χ1v) is 6.89. The maximum Gasteiger partial charge on any atom is 0.309 e. The Morgan fingerprint density at radius 2 is 1.90 bits per heavy atom. The van der Waals surface area contributed by atoms with Crippen molar-refractivity contribution in [1.29, 1.82) is 0 Å². The standard InChI is InChI=1S/C16H20O4/c1-19-13-8-6-11(7-9-13)15-10-12(17)4-3-5-14(15)16(18)20-2/h6-9,14-15H,3-5,10H2,1-2H3/t14-,15+/m0/s1. The summed E-state index contributed by atoms with van der Waals surface area (Å²) < 4.78 is 10.0. The van der Waals surface area contributed by atoms with Crippen LogP contribution in [-0.4, -0.2) is 26.0 Å². The summed E-state index contributed by atoms with van der Waals surface area (Å²) in [7, 11) is 3.02. The Kier molecular flexibility index (Phi) is 4.77. The molecule has 0 bridgehead atoms. The normalized spacial score (nSPS) is 23.0. The average Bonchev–Trinajstić information content (AvgIpc) is 2.68. The summed E-state index contributed by atoms with van der Waals surface area (Å²) >= 11 is 0. The van der Waals surface area contributed by atoms with Crippen LogP contribution in [0, 0.1) is 5.92 Å². The molecule has 0 aromatic heterocycles. The fourth-order valence-corrected chi connectivity index (χ4v) is 2.84. The number of ketones is 1. The SMILES string of the molecule is COC(=O)[C@H]1CCCC(=O)C[C@@H]1c1ccc(OC)cc1. The fraction of sp³-hybridized carbons (Fsp3) is 0.500. The molecule has 0 radical (unpaired) electrons. The zero-order valence-corrected chi connectivity index (χ0v) is 11.9. The highest BCUT2D eigenvalue weighted by molar-refractivity contribution is 5.82. The molecular weight excluding hydrogens is 256 g/mol. The van der Waals surface area contributed by atoms with Gasteiger partial charge in [-0.15, -0.1) is 0 Å². The van der Waals surface area contributed by atoms with Crippen LogP contribution < -0.4 is 4.74 Å². The van der Waals surface area contributed by atoms with Gasteiger partial charge in [-0.2, -0.15) is 0 Å². The highest BCUT2D eigenvalue weighted by atomic mass is 16.5. The molecule has 1 aliphatic rings. The van der Waals surface area contributed by atoms with E-state index in [0.29, 0.717) is 19.3 Å². The smallest absolute Gasteiger partial charge is 0.309 e. The van der Waals surface area contributed by atoms with Crippen molar-refractivity contribution >= 4 is 11.8 Å². The number of carbonyl (C=O) groups is 2. The zero-order valence-electron chi connectivity index (χ0n) is 11.9. The van der Waals surface area contributed by atoms with E-state index in [2.05, 4.69) is 0 Å². The third kappa shape index (κ3) is 3.18. The lowest BCUT2D eigenvalue weighted by Crippen LogP contribution is -2.23. The van der Waals surface area contributed by atoms with Crippen molar-refractivity contribution in [1.82, 2.24) is 0 Å². The lowest BCUT2D eigenvalue weighted by Gasteiger charge is -2.23. The van der Waals surface area contributed by atoms with Crippen LogP contribution in [0.1, 0.15) is 37.2 Å². The van der Waals surface area contributed by atoms with Crippen LogP contribution in [0.15, 0.2) is 24.3 Å². The van der Waals surface area contributed by atoms with Crippen LogP contribution >= 0.6 is 0 Å². The molecule has 1 saturated carbocycles. The Hall–Kier alpha value is -1.84. The quantitative estimate of drug-likeness (QED) is 0.629. The highest BCUT2D eigenvalue weighted by Gasteiger charge is 2.34. The van der Waals surface area contributed by atoms with Gasteiger partial charge >= 0.3 is 5.97 Å². The molecule has 2 rings (SSSR count). The molecule has 1 aliphatic carbocycles. The van der Waals surface area contributed by atoms with E-state index in [-0.39, 0.29) is 23.6 Å². The number of hydrogen-bond donors (Lipinski definition) is 0. The number of benzene rings is 1. The minimum absolute atomic E-state index is 0.0941. The third-order valence-corrected chi connectivity index (χ3v) is 3.95. The molecule has 1 aromatic carbocycles. The van der Waals surface area contributed by atoms with Crippen LogP contribution in [-0.2, 0) is 14.3 Å². The van der Waals surface area contributed by atoms with Crippen molar-refractivity contribution in [3.63, 3.8) is 0 Å². The summed E-state index contributed by atoms with van der Waals surface area (Å²) in [6.07, 6.45) is 2.42. The van der Waals surface area contributed by atoms with E-state index in [9.17, 15) is 9.59 Å². The van der Waals surface area contributed by atoms with Crippen molar-refractivity contribution in [3.05, 3.63) is 29.8 Å². The minimum atomic E-state index is -0.236. The van der Waals surface area contributed by atoms with E-state index in [1.54, 1.807) is 7.11 Å². The number of Topliss-reactive ketones (excluding diaryl/α,β-unsaturated/α-hetero) is 1. The number of carbonyl (C=O) groups excluding carboxylic acids is 2. The Morgan fingerprint density at radius 1 is 1.20 bits per heavy atom. The molecule has 0 amide bonds. The van der Waals surface area contributed by atoms with E-state index < -0.39 is 0 Å². The highest BCUT2D eigenvalue weighted by Crippen LogP contribution is 2.36. The van der Waals surface area contributed by atoms with Gasteiger partial charge in [0.1, 0.15) is 11.5 Å². The van der Waals surface area contributed by atoms with Gasteiger partial charge in [0, 0.05) is 18.8 Å². The summed E-state index contributed by atoms with van der Waals surface area (Å²) in [6, 6.07) is 7.58. The maximum atomic E-state index is 12.0. The molecular formula is C16H20O4. The summed E-state index contributed by atoms with van der Waals surface area (Å²) in [5, 5.41) is 0. The first-order valence-electron chi connectivity index (χ1n) is 6.89. The van der Waals surface area contributed by atoms with E-state index in [0.717, 1.165) is 17.7 Å². The van der Waals surface area contributed by atoms with Crippen LogP contribution in [0.5, 0.6) is 5.75 Å². The fourth-order valence-electron chi connectivity index (χ4n) is 2.84. The molecule has 0 heterocycles. The van der Waals surface area contributed by atoms with Crippen LogP contribution in [0.2, 0.25) is 0 Å². The molecule has 1 fully saturated rings. The lowest BCUT2D eigenvalue weighted by atomic mass is 9.82. The van der Waals surface area contributed by atoms with Gasteiger partial charge in [0.05, 0.1) is 20.1 Å². The molecule has 0 N–H and O–H groups in total. The Labute approximate surface area is 119 Å². The molecule has 4 heteroatoms. The summed E-state index contributed by atoms with van der Waals surface area (Å²) in [5.74, 6) is 0.434. The number of esters is 1. The van der Waals surface area contributed by atoms with E-state index in [1.165, 1.54) is 7.11 Å². The third-order valence-electron chi connectivity index (χ3n) is 3.95. The second-order valence-electron chi connectivity index (χ2n) is 5.14. The first kappa shape index (κ1) is 14.6. The molecule has 0 unspecified atom stereocenters. The zero-order chi connectivity index (χ0) is 14.5. The monoisotopic (exact) mass is 276 g/mol. The molecule has 20 heavy (non-hydrogen) atoms. The lowest BCUT2D eigenvalue weighted by molar-refractivity contribution is -0.146. The van der Waals surface area contributed by atoms with E-state index in [4.69, 9.17) is 9.47 Å². The van der Waals surface area contributed by atoms with Crippen molar-refractivity contribution < 1.29 is 19.1 Å². The van der Waals surface area contributed by atoms with Crippen molar-refractivity contribution in [2.45, 2.75) is 31.6 Å². The minimum Gasteiger partial charge on any atom is -0.497 e. The molecule has 0 saturated heterocycles. The van der Waals surface area contributed by atoms with Crippen molar-refractivity contribution in [3.8, 4) is 5.75 Å². The van der Waals surface area contributed by atoms with Gasteiger partial charge in [-0.25, -0.2) is 0 Å². The van der Waals surface area contributed by atoms with Gasteiger partial charge in [0.2, 0.25) is 0 Å². The second kappa shape index (κ2) is 6.55. The van der Waals surface area contributed by atoms with Gasteiger partial charge in [-0.1, -0.05) is 12.1 Å². The van der Waals surface area contributed by atoms with Gasteiger partial charge in [-0.3, -0.25) is 9.59 Å². The van der Waals surface area contributed by atoms with Gasteiger partial charge in [0.15, 0.2) is 0 Å². The predicted octanol–water partition coefficient (Wildman–Crippen LogP) is 2.71. The van der Waals surface area contributed by atoms with Crippen LogP contribution in [0.3, 0.4) is 0 Å². The van der Waals surface area contributed by atoms with Gasteiger partial charge in [-0.05, 0) is 30.5 Å². The molecule has 2 atom stereocenters. The molecule has 0 spiro atoms. The van der Waals surface area contributed by atoms with Crippen molar-refractivity contribution in [2.75, 3.05) is 14.2 Å². The second-order valence-corrected chi connectivity index (χ2v) is 5.14. The topological polar surface area (TPSA) is 52.6 Å². The van der Waals surface area contributed by atoms with E-state index in [1.807, 2.05) is 24.3 Å². The largest absolute Gasteiger partial charge is 0.497 e. The number of methoxy groups -OCH3 is 2.